The van der Waals surface area contributed by atoms with E-state index < -0.39 is 0 Å². The first-order valence-corrected chi connectivity index (χ1v) is 10.6. The van der Waals surface area contributed by atoms with Crippen LogP contribution in [-0.2, 0) is 0 Å². The van der Waals surface area contributed by atoms with E-state index in [9.17, 15) is 0 Å². The number of rotatable bonds is 4. The van der Waals surface area contributed by atoms with Crippen LogP contribution >= 0.6 is 0 Å². The van der Waals surface area contributed by atoms with E-state index in [0.717, 1.165) is 53.9 Å². The van der Waals surface area contributed by atoms with Gasteiger partial charge in [-0.3, -0.25) is 0 Å². The van der Waals surface area contributed by atoms with Crippen molar-refractivity contribution in [3.63, 3.8) is 0 Å². The van der Waals surface area contributed by atoms with Gasteiger partial charge >= 0.3 is 0 Å². The lowest BCUT2D eigenvalue weighted by molar-refractivity contribution is 0.501. The summed E-state index contributed by atoms with van der Waals surface area (Å²) < 4.78 is 2.26. The Balaban J connectivity index is 1.42. The fourth-order valence-electron chi connectivity index (χ4n) is 4.15. The van der Waals surface area contributed by atoms with Gasteiger partial charge in [0, 0.05) is 48.3 Å². The van der Waals surface area contributed by atoms with Crippen molar-refractivity contribution in [1.29, 1.82) is 0 Å². The largest absolute Gasteiger partial charge is 0.370 e. The molecule has 4 aromatic rings. The summed E-state index contributed by atoms with van der Waals surface area (Å²) in [5.41, 5.74) is 9.23. The second-order valence-corrected chi connectivity index (χ2v) is 8.30. The Kier molecular flexibility index (Phi) is 4.75. The van der Waals surface area contributed by atoms with Gasteiger partial charge in [0.25, 0.3) is 0 Å². The molecule has 0 aliphatic carbocycles. The molecule has 1 aromatic carbocycles. The van der Waals surface area contributed by atoms with Gasteiger partial charge in [0.05, 0.1) is 17.4 Å². The summed E-state index contributed by atoms with van der Waals surface area (Å²) in [6.07, 6.45) is 7.95. The van der Waals surface area contributed by atoms with Crippen LogP contribution < -0.4 is 16.0 Å². The summed E-state index contributed by atoms with van der Waals surface area (Å²) in [5, 5.41) is 5.47. The zero-order valence-electron chi connectivity index (χ0n) is 17.4. The monoisotopic (exact) mass is 401 g/mol. The highest BCUT2D eigenvalue weighted by Gasteiger charge is 2.16. The maximum atomic E-state index is 6.01. The summed E-state index contributed by atoms with van der Waals surface area (Å²) in [5.74, 6) is 1.29. The van der Waals surface area contributed by atoms with Gasteiger partial charge in [-0.15, -0.1) is 0 Å². The number of piperidine rings is 1. The molecule has 1 fully saturated rings. The predicted octanol–water partition coefficient (Wildman–Crippen LogP) is 4.23. The number of nitrogens with two attached hydrogens (primary N) is 1. The number of nitrogens with one attached hydrogen (secondary N) is 1. The molecule has 4 heterocycles. The van der Waals surface area contributed by atoms with Gasteiger partial charge < -0.3 is 20.5 Å². The van der Waals surface area contributed by atoms with Crippen LogP contribution in [0.1, 0.15) is 32.7 Å². The highest BCUT2D eigenvalue weighted by atomic mass is 15.2. The Morgan fingerprint density at radius 1 is 1.00 bits per heavy atom. The summed E-state index contributed by atoms with van der Waals surface area (Å²) in [6, 6.07) is 11.1. The first kappa shape index (κ1) is 18.8. The molecular weight excluding hydrogens is 374 g/mol. The summed E-state index contributed by atoms with van der Waals surface area (Å²) in [4.78, 5) is 16.2. The van der Waals surface area contributed by atoms with Crippen LogP contribution in [0, 0.1) is 0 Å². The van der Waals surface area contributed by atoms with Crippen molar-refractivity contribution in [2.45, 2.75) is 38.8 Å². The third-order valence-corrected chi connectivity index (χ3v) is 5.88. The third-order valence-electron chi connectivity index (χ3n) is 5.88. The lowest BCUT2D eigenvalue weighted by Crippen LogP contribution is -2.39. The first-order valence-electron chi connectivity index (χ1n) is 10.6. The number of pyridine rings is 1. The molecule has 3 aromatic heterocycles. The summed E-state index contributed by atoms with van der Waals surface area (Å²) in [6.45, 7) is 6.32. The second kappa shape index (κ2) is 7.57. The zero-order chi connectivity index (χ0) is 20.7. The van der Waals surface area contributed by atoms with Gasteiger partial charge in [-0.05, 0) is 44.9 Å². The van der Waals surface area contributed by atoms with E-state index in [1.807, 2.05) is 18.5 Å². The lowest BCUT2D eigenvalue weighted by Gasteiger charge is -2.31. The van der Waals surface area contributed by atoms with Crippen molar-refractivity contribution >= 4 is 39.3 Å². The third kappa shape index (κ3) is 3.45. The molecule has 1 aliphatic rings. The minimum absolute atomic E-state index is 0.323. The average molecular weight is 402 g/mol. The summed E-state index contributed by atoms with van der Waals surface area (Å²) >= 11 is 0. The number of hydrogen-bond donors (Lipinski definition) is 2. The average Bonchev–Trinajstić information content (AvgIpc) is 3.20. The van der Waals surface area contributed by atoms with Crippen molar-refractivity contribution in [1.82, 2.24) is 19.5 Å². The van der Waals surface area contributed by atoms with E-state index in [1.54, 1.807) is 0 Å². The molecule has 7 heteroatoms. The molecule has 0 amide bonds. The van der Waals surface area contributed by atoms with Crippen LogP contribution in [0.25, 0.3) is 21.8 Å². The number of nitrogens with zero attached hydrogens (tertiary/aromatic N) is 5. The Hall–Kier alpha value is -3.19. The number of aromatic nitrogens is 4. The number of fused-ring (bicyclic) bond motifs is 3. The number of benzene rings is 1. The van der Waals surface area contributed by atoms with Crippen molar-refractivity contribution in [2.75, 3.05) is 23.3 Å². The molecule has 0 spiro atoms. The molecule has 3 N–H and O–H groups in total. The van der Waals surface area contributed by atoms with Crippen LogP contribution in [0.5, 0.6) is 0 Å². The number of anilines is 3. The van der Waals surface area contributed by atoms with E-state index in [1.165, 1.54) is 5.39 Å². The predicted molar refractivity (Wildman–Crippen MR) is 122 cm³/mol. The molecule has 1 saturated heterocycles. The van der Waals surface area contributed by atoms with Crippen LogP contribution in [0.15, 0.2) is 48.9 Å². The molecule has 7 nitrogen and oxygen atoms in total. The van der Waals surface area contributed by atoms with Gasteiger partial charge in [0.1, 0.15) is 11.3 Å². The number of hydrogen-bond acceptors (Lipinski definition) is 6. The maximum absolute atomic E-state index is 6.01. The molecule has 0 unspecified atom stereocenters. The quantitative estimate of drug-likeness (QED) is 0.532. The molecule has 0 atom stereocenters. The van der Waals surface area contributed by atoms with Crippen LogP contribution in [0.2, 0.25) is 0 Å². The van der Waals surface area contributed by atoms with Gasteiger partial charge in [0.15, 0.2) is 0 Å². The van der Waals surface area contributed by atoms with Gasteiger partial charge in [-0.25, -0.2) is 15.0 Å². The highest BCUT2D eigenvalue weighted by Crippen LogP contribution is 2.28. The molecule has 0 bridgehead atoms. The van der Waals surface area contributed by atoms with E-state index in [0.29, 0.717) is 18.0 Å². The topological polar surface area (TPSA) is 84.9 Å². The summed E-state index contributed by atoms with van der Waals surface area (Å²) in [7, 11) is 0. The molecule has 0 radical (unpaired) electrons. The van der Waals surface area contributed by atoms with Crippen molar-refractivity contribution in [3.8, 4) is 0 Å². The van der Waals surface area contributed by atoms with Gasteiger partial charge in [-0.1, -0.05) is 12.1 Å². The molecule has 30 heavy (non-hydrogen) atoms. The van der Waals surface area contributed by atoms with Crippen molar-refractivity contribution in [2.24, 2.45) is 5.73 Å². The smallest absolute Gasteiger partial charge is 0.228 e. The normalized spacial score (nSPS) is 15.4. The van der Waals surface area contributed by atoms with Gasteiger partial charge in [-0.2, -0.15) is 0 Å². The van der Waals surface area contributed by atoms with Crippen molar-refractivity contribution in [3.05, 3.63) is 48.9 Å². The highest BCUT2D eigenvalue weighted by molar-refractivity contribution is 6.03. The van der Waals surface area contributed by atoms with Crippen LogP contribution in [0.3, 0.4) is 0 Å². The SMILES string of the molecule is CC(C)n1ccc2ccc3cnc(Nc4ccc(N5CCC(N)CC5)cn4)nc3c21. The standard InChI is InChI=1S/C23H27N7/c1-15(2)30-12-7-16-3-4-17-13-26-23(28-21(17)22(16)30)27-20-6-5-19(14-25-20)29-10-8-18(24)9-11-29/h3-7,12-15,18H,8-11,24H2,1-2H3,(H,25,26,27,28). The van der Waals surface area contributed by atoms with Gasteiger partial charge in [0.2, 0.25) is 5.95 Å². The zero-order valence-corrected chi connectivity index (χ0v) is 17.4. The first-order chi connectivity index (χ1) is 14.6. The Labute approximate surface area is 175 Å². The minimum Gasteiger partial charge on any atom is -0.370 e. The maximum Gasteiger partial charge on any atom is 0.228 e. The molecular formula is C23H27N7. The van der Waals surface area contributed by atoms with E-state index in [4.69, 9.17) is 10.7 Å². The molecule has 154 valence electrons. The van der Waals surface area contributed by atoms with Crippen molar-refractivity contribution < 1.29 is 0 Å². The Morgan fingerprint density at radius 2 is 1.80 bits per heavy atom. The molecule has 1 aliphatic heterocycles. The van der Waals surface area contributed by atoms with E-state index in [-0.39, 0.29) is 0 Å². The van der Waals surface area contributed by atoms with Crippen LogP contribution in [0.4, 0.5) is 17.5 Å². The van der Waals surface area contributed by atoms with Crippen LogP contribution in [-0.4, -0.2) is 38.7 Å². The van der Waals surface area contributed by atoms with E-state index in [2.05, 4.69) is 69.1 Å². The fourth-order valence-corrected chi connectivity index (χ4v) is 4.15. The molecule has 0 saturated carbocycles. The molecule has 5 rings (SSSR count). The Bertz CT molecular complexity index is 1170. The van der Waals surface area contributed by atoms with E-state index >= 15 is 0 Å². The Morgan fingerprint density at radius 3 is 2.53 bits per heavy atom. The minimum atomic E-state index is 0.323. The lowest BCUT2D eigenvalue weighted by atomic mass is 10.1. The second-order valence-electron chi connectivity index (χ2n) is 8.30. The fraction of sp³-hybridized carbons (Fsp3) is 0.348.